The maximum atomic E-state index is 11.7. The molecule has 0 radical (unpaired) electrons. The highest BCUT2D eigenvalue weighted by Gasteiger charge is 2.35. The molecule has 100 valence electrons. The molecule has 0 aliphatic rings. The number of H-pyrrole nitrogens is 1. The van der Waals surface area contributed by atoms with Gasteiger partial charge in [-0.15, -0.1) is 5.10 Å². The minimum absolute atomic E-state index is 0.130. The summed E-state index contributed by atoms with van der Waals surface area (Å²) < 4.78 is 1.10. The molecule has 0 bridgehead atoms. The SMILES string of the molecule is CCC(C)(C(N)=O)n1c(SCC(=O)O)n[nH]c1=O. The molecule has 4 N–H and O–H groups in total. The number of primary amides is 1. The van der Waals surface area contributed by atoms with E-state index in [1.807, 2.05) is 0 Å². The van der Waals surface area contributed by atoms with E-state index in [-0.39, 0.29) is 10.9 Å². The van der Waals surface area contributed by atoms with Crippen LogP contribution in [0, 0.1) is 0 Å². The highest BCUT2D eigenvalue weighted by molar-refractivity contribution is 7.99. The standard InChI is InChI=1S/C9H14N4O4S/c1-3-9(2,6(10)16)13-7(17)11-12-8(13)18-4-5(14)15/h3-4H2,1-2H3,(H2,10,16)(H,11,17)(H,14,15). The number of thioether (sulfide) groups is 1. The Bertz CT molecular complexity index is 523. The number of carboxylic acid groups (broad SMARTS) is 1. The predicted molar refractivity (Wildman–Crippen MR) is 64.3 cm³/mol. The van der Waals surface area contributed by atoms with Crippen LogP contribution in [0.5, 0.6) is 0 Å². The van der Waals surface area contributed by atoms with Gasteiger partial charge in [0, 0.05) is 0 Å². The van der Waals surface area contributed by atoms with Crippen LogP contribution in [-0.2, 0) is 15.1 Å². The van der Waals surface area contributed by atoms with E-state index < -0.39 is 23.1 Å². The number of carboxylic acids is 1. The summed E-state index contributed by atoms with van der Waals surface area (Å²) in [6.07, 6.45) is 0.294. The summed E-state index contributed by atoms with van der Waals surface area (Å²) in [5.41, 5.74) is 3.48. The molecule has 1 atom stereocenters. The fraction of sp³-hybridized carbons (Fsp3) is 0.556. The molecule has 1 unspecified atom stereocenters. The molecule has 1 amide bonds. The van der Waals surface area contributed by atoms with Gasteiger partial charge in [-0.05, 0) is 13.3 Å². The number of nitrogens with one attached hydrogen (secondary N) is 1. The zero-order chi connectivity index (χ0) is 13.9. The average molecular weight is 274 g/mol. The zero-order valence-electron chi connectivity index (χ0n) is 9.97. The molecule has 0 fully saturated rings. The molecule has 0 aliphatic carbocycles. The third-order valence-corrected chi connectivity index (χ3v) is 3.60. The van der Waals surface area contributed by atoms with Gasteiger partial charge in [-0.1, -0.05) is 18.7 Å². The fourth-order valence-corrected chi connectivity index (χ4v) is 2.16. The first kappa shape index (κ1) is 14.3. The van der Waals surface area contributed by atoms with Crippen molar-refractivity contribution >= 4 is 23.6 Å². The van der Waals surface area contributed by atoms with Gasteiger partial charge in [0.05, 0.1) is 5.75 Å². The number of carbonyl (C=O) groups is 2. The number of nitrogens with zero attached hydrogens (tertiary/aromatic N) is 2. The number of amides is 1. The summed E-state index contributed by atoms with van der Waals surface area (Å²) in [5.74, 6) is -1.98. The Balaban J connectivity index is 3.22. The number of hydrogen-bond acceptors (Lipinski definition) is 5. The second-order valence-corrected chi connectivity index (χ2v) is 4.76. The van der Waals surface area contributed by atoms with Crippen LogP contribution in [0.1, 0.15) is 20.3 Å². The van der Waals surface area contributed by atoms with Crippen molar-refractivity contribution in [3.8, 4) is 0 Å². The van der Waals surface area contributed by atoms with Gasteiger partial charge < -0.3 is 10.8 Å². The molecule has 0 aliphatic heterocycles. The number of aromatic amines is 1. The number of aliphatic carboxylic acids is 1. The van der Waals surface area contributed by atoms with Crippen LogP contribution in [0.2, 0.25) is 0 Å². The molecule has 0 spiro atoms. The highest BCUT2D eigenvalue weighted by atomic mass is 32.2. The lowest BCUT2D eigenvalue weighted by Crippen LogP contribution is -2.48. The van der Waals surface area contributed by atoms with Crippen LogP contribution in [0.3, 0.4) is 0 Å². The normalized spacial score (nSPS) is 14.1. The van der Waals surface area contributed by atoms with Crippen molar-refractivity contribution in [2.24, 2.45) is 5.73 Å². The summed E-state index contributed by atoms with van der Waals surface area (Å²) in [4.78, 5) is 33.7. The van der Waals surface area contributed by atoms with Crippen molar-refractivity contribution in [1.82, 2.24) is 14.8 Å². The van der Waals surface area contributed by atoms with E-state index >= 15 is 0 Å². The minimum Gasteiger partial charge on any atom is -0.481 e. The van der Waals surface area contributed by atoms with Crippen molar-refractivity contribution in [3.63, 3.8) is 0 Å². The average Bonchev–Trinajstić information content (AvgIpc) is 2.67. The smallest absolute Gasteiger partial charge is 0.344 e. The van der Waals surface area contributed by atoms with Gasteiger partial charge in [-0.3, -0.25) is 14.2 Å². The van der Waals surface area contributed by atoms with Crippen LogP contribution in [0.25, 0.3) is 0 Å². The van der Waals surface area contributed by atoms with Gasteiger partial charge in [-0.2, -0.15) is 0 Å². The van der Waals surface area contributed by atoms with Crippen LogP contribution in [-0.4, -0.2) is 37.5 Å². The van der Waals surface area contributed by atoms with Gasteiger partial charge in [0.2, 0.25) is 5.91 Å². The van der Waals surface area contributed by atoms with E-state index in [1.54, 1.807) is 6.92 Å². The number of hydrogen-bond donors (Lipinski definition) is 3. The van der Waals surface area contributed by atoms with Crippen molar-refractivity contribution in [2.75, 3.05) is 5.75 Å². The lowest BCUT2D eigenvalue weighted by Gasteiger charge is -2.25. The molecule has 1 aromatic rings. The number of aromatic nitrogens is 3. The van der Waals surface area contributed by atoms with Crippen LogP contribution in [0.4, 0.5) is 0 Å². The van der Waals surface area contributed by atoms with Crippen molar-refractivity contribution in [2.45, 2.75) is 31.0 Å². The molecule has 1 heterocycles. The Morgan fingerprint density at radius 3 is 2.67 bits per heavy atom. The Morgan fingerprint density at radius 2 is 2.22 bits per heavy atom. The minimum atomic E-state index is -1.23. The number of carbonyl (C=O) groups excluding carboxylic acids is 1. The van der Waals surface area contributed by atoms with E-state index in [2.05, 4.69) is 10.2 Å². The largest absolute Gasteiger partial charge is 0.481 e. The Kier molecular flexibility index (Phi) is 4.17. The number of nitrogens with two attached hydrogens (primary N) is 1. The van der Waals surface area contributed by atoms with Crippen LogP contribution in [0.15, 0.2) is 9.95 Å². The molecular formula is C9H14N4O4S. The first-order valence-corrected chi connectivity index (χ1v) is 6.14. The third kappa shape index (κ3) is 2.55. The van der Waals surface area contributed by atoms with Gasteiger partial charge >= 0.3 is 11.7 Å². The maximum Gasteiger partial charge on any atom is 0.344 e. The quantitative estimate of drug-likeness (QED) is 0.591. The van der Waals surface area contributed by atoms with Gasteiger partial charge in [0.1, 0.15) is 5.54 Å². The first-order chi connectivity index (χ1) is 8.32. The van der Waals surface area contributed by atoms with Crippen LogP contribution >= 0.6 is 11.8 Å². The monoisotopic (exact) mass is 274 g/mol. The number of rotatable bonds is 6. The van der Waals surface area contributed by atoms with Gasteiger partial charge in [0.15, 0.2) is 5.16 Å². The van der Waals surface area contributed by atoms with Crippen molar-refractivity contribution < 1.29 is 14.7 Å². The lowest BCUT2D eigenvalue weighted by molar-refractivity contribution is -0.134. The highest BCUT2D eigenvalue weighted by Crippen LogP contribution is 2.24. The Hall–Kier alpha value is -1.77. The molecule has 1 aromatic heterocycles. The van der Waals surface area contributed by atoms with E-state index in [1.165, 1.54) is 6.92 Å². The molecule has 0 saturated carbocycles. The second-order valence-electron chi connectivity index (χ2n) is 3.82. The molecule has 0 saturated heterocycles. The Morgan fingerprint density at radius 1 is 1.61 bits per heavy atom. The lowest BCUT2D eigenvalue weighted by atomic mass is 9.98. The van der Waals surface area contributed by atoms with Crippen LogP contribution < -0.4 is 11.4 Å². The second kappa shape index (κ2) is 5.25. The maximum absolute atomic E-state index is 11.7. The first-order valence-electron chi connectivity index (χ1n) is 5.15. The zero-order valence-corrected chi connectivity index (χ0v) is 10.8. The van der Waals surface area contributed by atoms with E-state index in [0.29, 0.717) is 6.42 Å². The Labute approximate surface area is 107 Å². The summed E-state index contributed by atoms with van der Waals surface area (Å²) in [5, 5.41) is 14.6. The molecule has 9 heteroatoms. The van der Waals surface area contributed by atoms with E-state index in [0.717, 1.165) is 16.3 Å². The topological polar surface area (TPSA) is 131 Å². The summed E-state index contributed by atoms with van der Waals surface area (Å²) in [7, 11) is 0. The summed E-state index contributed by atoms with van der Waals surface area (Å²) >= 11 is 0.849. The van der Waals surface area contributed by atoms with E-state index in [4.69, 9.17) is 10.8 Å². The summed E-state index contributed by atoms with van der Waals surface area (Å²) in [6.45, 7) is 3.22. The molecular weight excluding hydrogens is 260 g/mol. The molecule has 0 aromatic carbocycles. The van der Waals surface area contributed by atoms with Crippen molar-refractivity contribution in [3.05, 3.63) is 10.5 Å². The fourth-order valence-electron chi connectivity index (χ4n) is 1.38. The third-order valence-electron chi connectivity index (χ3n) is 2.68. The summed E-state index contributed by atoms with van der Waals surface area (Å²) in [6, 6.07) is 0. The predicted octanol–water partition coefficient (Wildman–Crippen LogP) is -0.641. The van der Waals surface area contributed by atoms with E-state index in [9.17, 15) is 14.4 Å². The van der Waals surface area contributed by atoms with Gasteiger partial charge in [-0.25, -0.2) is 9.89 Å². The van der Waals surface area contributed by atoms with Gasteiger partial charge in [0.25, 0.3) is 0 Å². The molecule has 1 rings (SSSR count). The molecule has 8 nitrogen and oxygen atoms in total. The van der Waals surface area contributed by atoms with Crippen molar-refractivity contribution in [1.29, 1.82) is 0 Å². The molecule has 18 heavy (non-hydrogen) atoms.